The summed E-state index contributed by atoms with van der Waals surface area (Å²) in [6, 6.07) is 6.33. The van der Waals surface area contributed by atoms with Crippen molar-refractivity contribution in [1.82, 2.24) is 10.6 Å². The molecule has 6 nitrogen and oxygen atoms in total. The molecule has 2 fully saturated rings. The van der Waals surface area contributed by atoms with Crippen molar-refractivity contribution in [2.24, 2.45) is 4.99 Å². The van der Waals surface area contributed by atoms with E-state index in [1.54, 1.807) is 14.2 Å². The Morgan fingerprint density at radius 3 is 2.83 bits per heavy atom. The first-order valence-electron chi connectivity index (χ1n) is 8.65. The molecule has 2 aliphatic heterocycles. The van der Waals surface area contributed by atoms with Crippen molar-refractivity contribution in [2.75, 3.05) is 20.8 Å². The summed E-state index contributed by atoms with van der Waals surface area (Å²) in [5.41, 5.74) is 1.12. The van der Waals surface area contributed by atoms with Crippen LogP contribution in [0.15, 0.2) is 23.2 Å². The number of fused-ring (bicyclic) bond motifs is 2. The van der Waals surface area contributed by atoms with Crippen LogP contribution in [0, 0.1) is 0 Å². The molecule has 0 aromatic heterocycles. The second kappa shape index (κ2) is 7.75. The largest absolute Gasteiger partial charge is 0.493 e. The van der Waals surface area contributed by atoms with E-state index in [0.717, 1.165) is 35.9 Å². The normalized spacial score (nSPS) is 25.6. The molecule has 1 aromatic rings. The molecule has 6 heteroatoms. The van der Waals surface area contributed by atoms with Gasteiger partial charge in [0.25, 0.3) is 0 Å². The molecule has 132 valence electrons. The fourth-order valence-corrected chi connectivity index (χ4v) is 3.45. The highest BCUT2D eigenvalue weighted by atomic mass is 16.5. The topological polar surface area (TPSA) is 64.1 Å². The summed E-state index contributed by atoms with van der Waals surface area (Å²) in [6.45, 7) is 3.25. The Hall–Kier alpha value is -1.95. The summed E-state index contributed by atoms with van der Waals surface area (Å²) in [5.74, 6) is 2.33. The third kappa shape index (κ3) is 3.75. The summed E-state index contributed by atoms with van der Waals surface area (Å²) in [7, 11) is 3.45. The molecule has 3 atom stereocenters. The zero-order valence-corrected chi connectivity index (χ0v) is 14.7. The number of ether oxygens (including phenoxy) is 3. The number of nitrogens with one attached hydrogen (secondary N) is 2. The predicted molar refractivity (Wildman–Crippen MR) is 93.8 cm³/mol. The molecule has 2 N–H and O–H groups in total. The fourth-order valence-electron chi connectivity index (χ4n) is 3.45. The minimum absolute atomic E-state index is 0.332. The quantitative estimate of drug-likeness (QED) is 0.616. The van der Waals surface area contributed by atoms with E-state index in [9.17, 15) is 0 Å². The first-order valence-corrected chi connectivity index (χ1v) is 8.65. The van der Waals surface area contributed by atoms with Crippen LogP contribution in [-0.2, 0) is 11.3 Å². The lowest BCUT2D eigenvalue weighted by Crippen LogP contribution is -2.47. The summed E-state index contributed by atoms with van der Waals surface area (Å²) >= 11 is 0. The van der Waals surface area contributed by atoms with E-state index in [4.69, 9.17) is 14.2 Å². The lowest BCUT2D eigenvalue weighted by Gasteiger charge is -2.22. The minimum Gasteiger partial charge on any atom is -0.493 e. The molecule has 2 saturated heterocycles. The van der Waals surface area contributed by atoms with Crippen LogP contribution in [0.3, 0.4) is 0 Å². The lowest BCUT2D eigenvalue weighted by molar-refractivity contribution is 0.0992. The second-order valence-corrected chi connectivity index (χ2v) is 6.20. The molecule has 0 saturated carbocycles. The van der Waals surface area contributed by atoms with Gasteiger partial charge < -0.3 is 24.8 Å². The first-order chi connectivity index (χ1) is 11.7. The number of rotatable bonds is 6. The highest BCUT2D eigenvalue weighted by Crippen LogP contribution is 2.34. The third-order valence-corrected chi connectivity index (χ3v) is 4.64. The second-order valence-electron chi connectivity index (χ2n) is 6.20. The van der Waals surface area contributed by atoms with Crippen molar-refractivity contribution in [3.05, 3.63) is 23.8 Å². The van der Waals surface area contributed by atoms with Crippen molar-refractivity contribution in [3.8, 4) is 11.5 Å². The molecule has 0 radical (unpaired) electrons. The molecule has 0 spiro atoms. The van der Waals surface area contributed by atoms with Gasteiger partial charge >= 0.3 is 0 Å². The van der Waals surface area contributed by atoms with Crippen LogP contribution >= 0.6 is 0 Å². The average molecular weight is 333 g/mol. The van der Waals surface area contributed by atoms with Crippen LogP contribution in [-0.4, -0.2) is 45.0 Å². The van der Waals surface area contributed by atoms with Crippen molar-refractivity contribution in [2.45, 2.75) is 51.0 Å². The maximum absolute atomic E-state index is 5.89. The van der Waals surface area contributed by atoms with Gasteiger partial charge in [-0.25, -0.2) is 0 Å². The Labute approximate surface area is 143 Å². The van der Waals surface area contributed by atoms with Gasteiger partial charge in [-0.3, -0.25) is 4.99 Å². The Morgan fingerprint density at radius 2 is 2.21 bits per heavy atom. The van der Waals surface area contributed by atoms with Crippen molar-refractivity contribution < 1.29 is 14.2 Å². The van der Waals surface area contributed by atoms with E-state index in [0.29, 0.717) is 31.4 Å². The van der Waals surface area contributed by atoms with E-state index in [2.05, 4.69) is 15.6 Å². The summed E-state index contributed by atoms with van der Waals surface area (Å²) in [6.07, 6.45) is 4.18. The summed E-state index contributed by atoms with van der Waals surface area (Å²) in [4.78, 5) is 4.33. The Kier molecular flexibility index (Phi) is 5.45. The number of aliphatic imine (C=N–C) groups is 1. The SMILES string of the molecule is CCOc1cc(CNC(=NC)NC2CC3CCC2O3)ccc1OC. The molecule has 2 aliphatic rings. The van der Waals surface area contributed by atoms with Gasteiger partial charge in [0, 0.05) is 13.6 Å². The fraction of sp³-hybridized carbons (Fsp3) is 0.611. The number of methoxy groups -OCH3 is 1. The van der Waals surface area contributed by atoms with E-state index in [1.165, 1.54) is 6.42 Å². The highest BCUT2D eigenvalue weighted by Gasteiger charge is 2.41. The predicted octanol–water partition coefficient (Wildman–Crippen LogP) is 2.08. The van der Waals surface area contributed by atoms with E-state index in [1.807, 2.05) is 25.1 Å². The van der Waals surface area contributed by atoms with Crippen LogP contribution in [0.25, 0.3) is 0 Å². The van der Waals surface area contributed by atoms with Gasteiger partial charge in [0.15, 0.2) is 17.5 Å². The van der Waals surface area contributed by atoms with Gasteiger partial charge in [-0.2, -0.15) is 0 Å². The lowest BCUT2D eigenvalue weighted by atomic mass is 9.96. The molecule has 2 bridgehead atoms. The van der Waals surface area contributed by atoms with Crippen molar-refractivity contribution in [1.29, 1.82) is 0 Å². The highest BCUT2D eigenvalue weighted by molar-refractivity contribution is 5.80. The standard InChI is InChI=1S/C18H27N3O3/c1-4-23-17-9-12(5-7-16(17)22-3)11-20-18(19-2)21-14-10-13-6-8-15(14)24-13/h5,7,9,13-15H,4,6,8,10-11H2,1-3H3,(H2,19,20,21). The van der Waals surface area contributed by atoms with Crippen LogP contribution in [0.4, 0.5) is 0 Å². The monoisotopic (exact) mass is 333 g/mol. The Bertz CT molecular complexity index is 591. The molecule has 1 aromatic carbocycles. The number of hydrogen-bond acceptors (Lipinski definition) is 4. The minimum atomic E-state index is 0.332. The van der Waals surface area contributed by atoms with Crippen LogP contribution in [0.5, 0.6) is 11.5 Å². The van der Waals surface area contributed by atoms with Crippen LogP contribution < -0.4 is 20.1 Å². The first kappa shape index (κ1) is 16.9. The number of hydrogen-bond donors (Lipinski definition) is 2. The smallest absolute Gasteiger partial charge is 0.191 e. The van der Waals surface area contributed by atoms with Crippen molar-refractivity contribution >= 4 is 5.96 Å². The summed E-state index contributed by atoms with van der Waals surface area (Å²) in [5, 5.41) is 6.85. The van der Waals surface area contributed by atoms with Gasteiger partial charge in [0.2, 0.25) is 0 Å². The molecule has 0 aliphatic carbocycles. The third-order valence-electron chi connectivity index (χ3n) is 4.64. The summed E-state index contributed by atoms with van der Waals surface area (Å²) < 4.78 is 16.8. The van der Waals surface area contributed by atoms with Crippen molar-refractivity contribution in [3.63, 3.8) is 0 Å². The molecule has 0 amide bonds. The van der Waals surface area contributed by atoms with Gasteiger partial charge in [-0.15, -0.1) is 0 Å². The van der Waals surface area contributed by atoms with Gasteiger partial charge in [-0.05, 0) is 43.9 Å². The average Bonchev–Trinajstić information content (AvgIpc) is 3.22. The maximum atomic E-state index is 5.89. The zero-order chi connectivity index (χ0) is 16.9. The Morgan fingerprint density at radius 1 is 1.33 bits per heavy atom. The van der Waals surface area contributed by atoms with Crippen LogP contribution in [0.1, 0.15) is 31.7 Å². The Balaban J connectivity index is 1.56. The molecule has 3 rings (SSSR count). The molecule has 3 unspecified atom stereocenters. The molecule has 2 heterocycles. The molecular weight excluding hydrogens is 306 g/mol. The van der Waals surface area contributed by atoms with Gasteiger partial charge in [0.05, 0.1) is 32.0 Å². The number of nitrogens with zero attached hydrogens (tertiary/aromatic N) is 1. The van der Waals surface area contributed by atoms with Gasteiger partial charge in [0.1, 0.15) is 0 Å². The number of guanidine groups is 1. The van der Waals surface area contributed by atoms with Crippen LogP contribution in [0.2, 0.25) is 0 Å². The zero-order valence-electron chi connectivity index (χ0n) is 14.7. The molecular formula is C18H27N3O3. The molecule has 24 heavy (non-hydrogen) atoms. The van der Waals surface area contributed by atoms with E-state index >= 15 is 0 Å². The van der Waals surface area contributed by atoms with E-state index in [-0.39, 0.29) is 0 Å². The van der Waals surface area contributed by atoms with E-state index < -0.39 is 0 Å². The maximum Gasteiger partial charge on any atom is 0.191 e. The van der Waals surface area contributed by atoms with Gasteiger partial charge in [-0.1, -0.05) is 6.07 Å². The number of benzene rings is 1.